The van der Waals surface area contributed by atoms with Crippen molar-refractivity contribution in [2.75, 3.05) is 26.2 Å². The van der Waals surface area contributed by atoms with Crippen molar-refractivity contribution in [3.8, 4) is 0 Å². The zero-order chi connectivity index (χ0) is 12.4. The highest BCUT2D eigenvalue weighted by Crippen LogP contribution is 2.31. The van der Waals surface area contributed by atoms with Gasteiger partial charge in [-0.05, 0) is 24.7 Å². The van der Waals surface area contributed by atoms with E-state index < -0.39 is 0 Å². The highest BCUT2D eigenvalue weighted by molar-refractivity contribution is 4.96. The molecular weight excluding hydrogens is 208 g/mol. The van der Waals surface area contributed by atoms with Gasteiger partial charge in [0.25, 0.3) is 0 Å². The molecule has 100 valence electrons. The van der Waals surface area contributed by atoms with Crippen molar-refractivity contribution < 1.29 is 0 Å². The maximum absolute atomic E-state index is 2.82. The molecule has 0 amide bonds. The molecule has 0 spiro atoms. The van der Waals surface area contributed by atoms with Gasteiger partial charge in [0, 0.05) is 38.3 Å². The van der Waals surface area contributed by atoms with E-state index in [-0.39, 0.29) is 0 Å². The van der Waals surface area contributed by atoms with E-state index in [2.05, 4.69) is 37.5 Å². The van der Waals surface area contributed by atoms with Gasteiger partial charge >= 0.3 is 0 Å². The third-order valence-corrected chi connectivity index (χ3v) is 4.55. The number of nitrogens with zero attached hydrogens (tertiary/aromatic N) is 2. The highest BCUT2D eigenvalue weighted by Gasteiger charge is 2.39. The molecule has 0 aromatic heterocycles. The zero-order valence-corrected chi connectivity index (χ0v) is 12.2. The summed E-state index contributed by atoms with van der Waals surface area (Å²) in [6.07, 6.45) is 4.21. The third kappa shape index (κ3) is 3.23. The lowest BCUT2D eigenvalue weighted by atomic mass is 10.1. The van der Waals surface area contributed by atoms with Crippen molar-refractivity contribution in [3.63, 3.8) is 0 Å². The topological polar surface area (TPSA) is 6.48 Å². The Morgan fingerprint density at radius 3 is 2.06 bits per heavy atom. The van der Waals surface area contributed by atoms with Crippen LogP contribution in [0.2, 0.25) is 0 Å². The minimum Gasteiger partial charge on any atom is -0.300 e. The first-order valence-electron chi connectivity index (χ1n) is 7.58. The summed E-state index contributed by atoms with van der Waals surface area (Å²) in [5.74, 6) is 1.69. The molecule has 0 aromatic rings. The second-order valence-corrected chi connectivity index (χ2v) is 6.71. The molecule has 2 fully saturated rings. The van der Waals surface area contributed by atoms with Crippen LogP contribution in [0.5, 0.6) is 0 Å². The van der Waals surface area contributed by atoms with Gasteiger partial charge in [-0.15, -0.1) is 0 Å². The van der Waals surface area contributed by atoms with Gasteiger partial charge < -0.3 is 0 Å². The van der Waals surface area contributed by atoms with E-state index in [1.807, 2.05) is 0 Å². The number of piperazine rings is 1. The number of hydrogen-bond donors (Lipinski definition) is 0. The van der Waals surface area contributed by atoms with Crippen molar-refractivity contribution >= 4 is 0 Å². The van der Waals surface area contributed by atoms with E-state index in [9.17, 15) is 0 Å². The van der Waals surface area contributed by atoms with Crippen LogP contribution in [0, 0.1) is 11.8 Å². The Morgan fingerprint density at radius 2 is 1.59 bits per heavy atom. The van der Waals surface area contributed by atoms with Crippen LogP contribution in [-0.2, 0) is 0 Å². The molecule has 0 aliphatic carbocycles. The second-order valence-electron chi connectivity index (χ2n) is 6.71. The van der Waals surface area contributed by atoms with Crippen LogP contribution in [0.4, 0.5) is 0 Å². The van der Waals surface area contributed by atoms with Crippen molar-refractivity contribution in [1.82, 2.24) is 9.80 Å². The van der Waals surface area contributed by atoms with E-state index >= 15 is 0 Å². The predicted octanol–water partition coefficient (Wildman–Crippen LogP) is 2.84. The highest BCUT2D eigenvalue weighted by atomic mass is 15.3. The van der Waals surface area contributed by atoms with Gasteiger partial charge in [-0.25, -0.2) is 0 Å². The Bertz CT molecular complexity index is 225. The van der Waals surface area contributed by atoms with Crippen LogP contribution in [0.3, 0.4) is 0 Å². The number of likely N-dealkylation sites (tertiary alicyclic amines) is 1. The molecule has 2 rings (SSSR count). The molecule has 2 heterocycles. The standard InChI is InChI=1S/C15H30N2/c1-5-13(4)9-17-14-6-7-15(17)11-16(10-14)8-12(2)3/h12-15H,5-11H2,1-4H3/t13?,14-,15+. The minimum atomic E-state index is 0.815. The Balaban J connectivity index is 1.89. The van der Waals surface area contributed by atoms with E-state index in [1.165, 1.54) is 45.4 Å². The predicted molar refractivity (Wildman–Crippen MR) is 74.2 cm³/mol. The van der Waals surface area contributed by atoms with Crippen LogP contribution in [0.25, 0.3) is 0 Å². The quantitative estimate of drug-likeness (QED) is 0.727. The van der Waals surface area contributed by atoms with Gasteiger partial charge in [0.1, 0.15) is 0 Å². The Hall–Kier alpha value is -0.0800. The molecule has 0 saturated carbocycles. The molecule has 2 bridgehead atoms. The first-order chi connectivity index (χ1) is 8.10. The van der Waals surface area contributed by atoms with E-state index in [0.717, 1.165) is 23.9 Å². The smallest absolute Gasteiger partial charge is 0.0227 e. The summed E-state index contributed by atoms with van der Waals surface area (Å²) in [6.45, 7) is 14.7. The average Bonchev–Trinajstić information content (AvgIpc) is 2.50. The fraction of sp³-hybridized carbons (Fsp3) is 1.00. The third-order valence-electron chi connectivity index (χ3n) is 4.55. The Kier molecular flexibility index (Phi) is 4.48. The summed E-state index contributed by atoms with van der Waals surface area (Å²) in [4.78, 5) is 5.53. The maximum Gasteiger partial charge on any atom is 0.0227 e. The number of rotatable bonds is 5. The van der Waals surface area contributed by atoms with Crippen molar-refractivity contribution in [2.24, 2.45) is 11.8 Å². The van der Waals surface area contributed by atoms with E-state index in [1.54, 1.807) is 0 Å². The SMILES string of the molecule is CCC(C)CN1[C@@H]2CC[C@H]1CN(CC(C)C)C2. The second kappa shape index (κ2) is 5.71. The fourth-order valence-electron chi connectivity index (χ4n) is 3.53. The van der Waals surface area contributed by atoms with Gasteiger partial charge in [0.2, 0.25) is 0 Å². The molecule has 1 unspecified atom stereocenters. The Labute approximate surface area is 107 Å². The van der Waals surface area contributed by atoms with Crippen molar-refractivity contribution in [1.29, 1.82) is 0 Å². The fourth-order valence-corrected chi connectivity index (χ4v) is 3.53. The van der Waals surface area contributed by atoms with Crippen LogP contribution in [0.1, 0.15) is 47.0 Å². The summed E-state index contributed by atoms with van der Waals surface area (Å²) < 4.78 is 0. The molecule has 2 nitrogen and oxygen atoms in total. The summed E-state index contributed by atoms with van der Waals surface area (Å²) in [5, 5.41) is 0. The van der Waals surface area contributed by atoms with Gasteiger partial charge in [0.15, 0.2) is 0 Å². The van der Waals surface area contributed by atoms with Gasteiger partial charge in [-0.3, -0.25) is 9.80 Å². The van der Waals surface area contributed by atoms with Gasteiger partial charge in [-0.2, -0.15) is 0 Å². The first kappa shape index (κ1) is 13.4. The van der Waals surface area contributed by atoms with Crippen molar-refractivity contribution in [3.05, 3.63) is 0 Å². The molecule has 2 aliphatic heterocycles. The maximum atomic E-state index is 2.82. The molecule has 0 radical (unpaired) electrons. The van der Waals surface area contributed by atoms with Gasteiger partial charge in [-0.1, -0.05) is 34.1 Å². The van der Waals surface area contributed by atoms with Gasteiger partial charge in [0.05, 0.1) is 0 Å². The van der Waals surface area contributed by atoms with Crippen molar-refractivity contribution in [2.45, 2.75) is 59.0 Å². The first-order valence-corrected chi connectivity index (χ1v) is 7.58. The number of hydrogen-bond acceptors (Lipinski definition) is 2. The lowest BCUT2D eigenvalue weighted by Gasteiger charge is -2.42. The molecule has 2 saturated heterocycles. The molecule has 3 atom stereocenters. The summed E-state index contributed by atoms with van der Waals surface area (Å²) in [7, 11) is 0. The average molecular weight is 238 g/mol. The van der Waals surface area contributed by atoms with E-state index in [0.29, 0.717) is 0 Å². The molecule has 2 heteroatoms. The monoisotopic (exact) mass is 238 g/mol. The summed E-state index contributed by atoms with van der Waals surface area (Å²) in [5.41, 5.74) is 0. The normalized spacial score (nSPS) is 32.3. The molecule has 0 aromatic carbocycles. The van der Waals surface area contributed by atoms with Crippen LogP contribution < -0.4 is 0 Å². The molecule has 2 aliphatic rings. The largest absolute Gasteiger partial charge is 0.300 e. The lowest BCUT2D eigenvalue weighted by molar-refractivity contribution is 0.0500. The van der Waals surface area contributed by atoms with Crippen LogP contribution in [0.15, 0.2) is 0 Å². The number of fused-ring (bicyclic) bond motifs is 2. The summed E-state index contributed by atoms with van der Waals surface area (Å²) >= 11 is 0. The van der Waals surface area contributed by atoms with Crippen LogP contribution in [-0.4, -0.2) is 48.1 Å². The van der Waals surface area contributed by atoms with Crippen LogP contribution >= 0.6 is 0 Å². The van der Waals surface area contributed by atoms with E-state index in [4.69, 9.17) is 0 Å². The Morgan fingerprint density at radius 1 is 1.00 bits per heavy atom. The minimum absolute atomic E-state index is 0.815. The zero-order valence-electron chi connectivity index (χ0n) is 12.2. The lowest BCUT2D eigenvalue weighted by Crippen LogP contribution is -2.55. The molecule has 0 N–H and O–H groups in total. The molecule has 17 heavy (non-hydrogen) atoms. The molecular formula is C15H30N2. The summed E-state index contributed by atoms with van der Waals surface area (Å²) in [6, 6.07) is 1.72.